The van der Waals surface area contributed by atoms with Gasteiger partial charge in [-0.2, -0.15) is 0 Å². The van der Waals surface area contributed by atoms with E-state index in [1.165, 1.54) is 13.0 Å². The van der Waals surface area contributed by atoms with Crippen molar-refractivity contribution in [1.82, 2.24) is 0 Å². The number of Topliss-reactive ketones (excluding diaryl/α,β-unsaturated/α-hetero) is 1. The highest BCUT2D eigenvalue weighted by molar-refractivity contribution is 5.99. The molecule has 0 amide bonds. The first kappa shape index (κ1) is 10.3. The number of aromatic hydroxyl groups is 2. The van der Waals surface area contributed by atoms with Crippen molar-refractivity contribution in [2.75, 3.05) is 0 Å². The molecule has 14 heavy (non-hydrogen) atoms. The summed E-state index contributed by atoms with van der Waals surface area (Å²) in [5.74, 6) is -0.703. The minimum Gasteiger partial charge on any atom is -0.507 e. The van der Waals surface area contributed by atoms with E-state index in [1.807, 2.05) is 0 Å². The van der Waals surface area contributed by atoms with E-state index < -0.39 is 0 Å². The van der Waals surface area contributed by atoms with Crippen LogP contribution in [-0.4, -0.2) is 16.0 Å². The lowest BCUT2D eigenvalue weighted by molar-refractivity contribution is 0.101. The Morgan fingerprint density at radius 3 is 2.64 bits per heavy atom. The molecule has 0 saturated carbocycles. The summed E-state index contributed by atoms with van der Waals surface area (Å²) < 4.78 is 0. The van der Waals surface area contributed by atoms with Gasteiger partial charge in [-0.25, -0.2) is 0 Å². The Bertz CT molecular complexity index is 380. The summed E-state index contributed by atoms with van der Waals surface area (Å²) in [6.45, 7) is 4.83. The third-order valence-corrected chi connectivity index (χ3v) is 1.96. The third kappa shape index (κ3) is 1.76. The molecule has 1 rings (SSSR count). The van der Waals surface area contributed by atoms with Crippen LogP contribution in [0.15, 0.2) is 24.8 Å². The molecule has 0 saturated heterocycles. The van der Waals surface area contributed by atoms with Crippen molar-refractivity contribution in [1.29, 1.82) is 0 Å². The van der Waals surface area contributed by atoms with Crippen LogP contribution in [0.5, 0.6) is 11.5 Å². The first-order valence-electron chi connectivity index (χ1n) is 4.23. The van der Waals surface area contributed by atoms with E-state index >= 15 is 0 Å². The SMILES string of the molecule is C=CCc1ccc(O)c(C(C)=O)c1O. The number of phenols is 2. The minimum atomic E-state index is -0.356. The zero-order valence-corrected chi connectivity index (χ0v) is 7.95. The van der Waals surface area contributed by atoms with E-state index in [9.17, 15) is 15.0 Å². The smallest absolute Gasteiger partial charge is 0.167 e. The Balaban J connectivity index is 3.32. The number of phenolic OH excluding ortho intramolecular Hbond substituents is 2. The summed E-state index contributed by atoms with van der Waals surface area (Å²) in [5, 5.41) is 19.0. The maximum Gasteiger partial charge on any atom is 0.167 e. The third-order valence-electron chi connectivity index (χ3n) is 1.96. The van der Waals surface area contributed by atoms with Crippen molar-refractivity contribution in [3.05, 3.63) is 35.9 Å². The van der Waals surface area contributed by atoms with Gasteiger partial charge in [0.15, 0.2) is 5.78 Å². The lowest BCUT2D eigenvalue weighted by Crippen LogP contribution is -1.96. The van der Waals surface area contributed by atoms with Gasteiger partial charge in [0.05, 0.1) is 0 Å². The number of carbonyl (C=O) groups excluding carboxylic acids is 1. The number of carbonyl (C=O) groups is 1. The monoisotopic (exact) mass is 192 g/mol. The van der Waals surface area contributed by atoms with Crippen molar-refractivity contribution in [2.24, 2.45) is 0 Å². The predicted octanol–water partition coefficient (Wildman–Crippen LogP) is 2.03. The number of rotatable bonds is 3. The zero-order valence-electron chi connectivity index (χ0n) is 7.95. The largest absolute Gasteiger partial charge is 0.507 e. The molecule has 0 aliphatic rings. The number of ketones is 1. The van der Waals surface area contributed by atoms with Gasteiger partial charge in [-0.3, -0.25) is 4.79 Å². The number of hydrogen-bond donors (Lipinski definition) is 2. The molecular formula is C11H12O3. The highest BCUT2D eigenvalue weighted by Gasteiger charge is 2.14. The van der Waals surface area contributed by atoms with E-state index in [0.29, 0.717) is 12.0 Å². The van der Waals surface area contributed by atoms with Crippen LogP contribution in [0.2, 0.25) is 0 Å². The Labute approximate surface area is 82.3 Å². The lowest BCUT2D eigenvalue weighted by atomic mass is 10.0. The van der Waals surface area contributed by atoms with Crippen LogP contribution in [0.4, 0.5) is 0 Å². The number of hydrogen-bond acceptors (Lipinski definition) is 3. The Morgan fingerprint density at radius 1 is 1.50 bits per heavy atom. The van der Waals surface area contributed by atoms with Gasteiger partial charge in [0, 0.05) is 0 Å². The summed E-state index contributed by atoms with van der Waals surface area (Å²) in [6, 6.07) is 2.97. The van der Waals surface area contributed by atoms with Gasteiger partial charge >= 0.3 is 0 Å². The normalized spacial score (nSPS) is 9.79. The van der Waals surface area contributed by atoms with Crippen LogP contribution in [0.1, 0.15) is 22.8 Å². The second-order valence-corrected chi connectivity index (χ2v) is 3.02. The van der Waals surface area contributed by atoms with Crippen LogP contribution in [-0.2, 0) is 6.42 Å². The fourth-order valence-corrected chi connectivity index (χ4v) is 1.29. The average molecular weight is 192 g/mol. The molecule has 3 heteroatoms. The molecule has 0 aliphatic carbocycles. The van der Waals surface area contributed by atoms with Gasteiger partial charge in [-0.1, -0.05) is 12.1 Å². The molecule has 0 bridgehead atoms. The summed E-state index contributed by atoms with van der Waals surface area (Å²) >= 11 is 0. The second kappa shape index (κ2) is 3.96. The molecule has 3 nitrogen and oxygen atoms in total. The Morgan fingerprint density at radius 2 is 2.14 bits per heavy atom. The lowest BCUT2D eigenvalue weighted by Gasteiger charge is -2.07. The van der Waals surface area contributed by atoms with Crippen molar-refractivity contribution >= 4 is 5.78 Å². The van der Waals surface area contributed by atoms with E-state index in [-0.39, 0.29) is 22.8 Å². The first-order chi connectivity index (χ1) is 6.57. The molecule has 1 aromatic rings. The first-order valence-corrected chi connectivity index (χ1v) is 4.23. The van der Waals surface area contributed by atoms with E-state index in [2.05, 4.69) is 6.58 Å². The van der Waals surface area contributed by atoms with E-state index in [0.717, 1.165) is 0 Å². The molecule has 0 radical (unpaired) electrons. The molecule has 0 heterocycles. The predicted molar refractivity (Wildman–Crippen MR) is 53.7 cm³/mol. The zero-order chi connectivity index (χ0) is 10.7. The minimum absolute atomic E-state index is 0.0237. The fourth-order valence-electron chi connectivity index (χ4n) is 1.29. The molecule has 0 spiro atoms. The molecular weight excluding hydrogens is 180 g/mol. The second-order valence-electron chi connectivity index (χ2n) is 3.02. The maximum absolute atomic E-state index is 11.1. The average Bonchev–Trinajstić information content (AvgIpc) is 2.10. The van der Waals surface area contributed by atoms with Crippen molar-refractivity contribution in [2.45, 2.75) is 13.3 Å². The van der Waals surface area contributed by atoms with E-state index in [1.54, 1.807) is 12.1 Å². The van der Waals surface area contributed by atoms with Crippen LogP contribution >= 0.6 is 0 Å². The highest BCUT2D eigenvalue weighted by atomic mass is 16.3. The summed E-state index contributed by atoms with van der Waals surface area (Å²) in [5.41, 5.74) is 0.562. The Hall–Kier alpha value is -1.77. The van der Waals surface area contributed by atoms with Gasteiger partial charge in [-0.05, 0) is 25.0 Å². The summed E-state index contributed by atoms with van der Waals surface area (Å²) in [7, 11) is 0. The van der Waals surface area contributed by atoms with Crippen LogP contribution in [0.25, 0.3) is 0 Å². The molecule has 74 valence electrons. The topological polar surface area (TPSA) is 57.5 Å². The highest BCUT2D eigenvalue weighted by Crippen LogP contribution is 2.31. The van der Waals surface area contributed by atoms with Gasteiger partial charge in [0.1, 0.15) is 17.1 Å². The molecule has 0 fully saturated rings. The molecule has 0 unspecified atom stereocenters. The fraction of sp³-hybridized carbons (Fsp3) is 0.182. The number of allylic oxidation sites excluding steroid dienone is 1. The molecule has 0 aromatic heterocycles. The quantitative estimate of drug-likeness (QED) is 0.569. The molecule has 1 aromatic carbocycles. The van der Waals surface area contributed by atoms with Crippen LogP contribution in [0.3, 0.4) is 0 Å². The van der Waals surface area contributed by atoms with Gasteiger partial charge in [0.25, 0.3) is 0 Å². The standard InChI is InChI=1S/C11H12O3/c1-3-4-8-5-6-9(13)10(7(2)12)11(8)14/h3,5-6,13-14H,1,4H2,2H3. The van der Waals surface area contributed by atoms with E-state index in [4.69, 9.17) is 0 Å². The summed E-state index contributed by atoms with van der Waals surface area (Å²) in [6.07, 6.45) is 2.09. The van der Waals surface area contributed by atoms with Crippen molar-refractivity contribution < 1.29 is 15.0 Å². The molecule has 0 aliphatic heterocycles. The van der Waals surface area contributed by atoms with Crippen molar-refractivity contribution in [3.63, 3.8) is 0 Å². The number of benzene rings is 1. The van der Waals surface area contributed by atoms with Gasteiger partial charge in [-0.15, -0.1) is 6.58 Å². The molecule has 2 N–H and O–H groups in total. The van der Waals surface area contributed by atoms with Gasteiger partial charge < -0.3 is 10.2 Å². The van der Waals surface area contributed by atoms with Crippen LogP contribution < -0.4 is 0 Å². The van der Waals surface area contributed by atoms with Crippen LogP contribution in [0, 0.1) is 0 Å². The maximum atomic E-state index is 11.1. The van der Waals surface area contributed by atoms with Gasteiger partial charge in [0.2, 0.25) is 0 Å². The van der Waals surface area contributed by atoms with Crippen molar-refractivity contribution in [3.8, 4) is 11.5 Å². The Kier molecular flexibility index (Phi) is 2.92. The molecule has 0 atom stereocenters. The summed E-state index contributed by atoms with van der Waals surface area (Å²) in [4.78, 5) is 11.1.